The molecule has 0 aromatic heterocycles. The third-order valence-corrected chi connectivity index (χ3v) is 0.428. The number of hydrogen-bond donors (Lipinski definition) is 1. The van der Waals surface area contributed by atoms with Crippen molar-refractivity contribution in [3.63, 3.8) is 0 Å². The monoisotopic (exact) mass is 87.0 g/mol. The molecule has 0 amide bonds. The van der Waals surface area contributed by atoms with Gasteiger partial charge in [0.25, 0.3) is 0 Å². The molecule has 0 saturated carbocycles. The van der Waals surface area contributed by atoms with Gasteiger partial charge in [0.05, 0.1) is 0 Å². The van der Waals surface area contributed by atoms with Gasteiger partial charge in [-0.15, -0.1) is 0 Å². The standard InChI is InChI=1S/C2H6BNS/c1-2-4-3-5/h5H,2H2,1H3. The van der Waals surface area contributed by atoms with Gasteiger partial charge in [-0.3, -0.25) is 0 Å². The second-order valence-corrected chi connectivity index (χ2v) is 0.845. The van der Waals surface area contributed by atoms with Crippen molar-refractivity contribution in [2.75, 3.05) is 6.54 Å². The molecular weight excluding hydrogens is 80.9 g/mol. The summed E-state index contributed by atoms with van der Waals surface area (Å²) in [5.41, 5.74) is 0. The Balaban J connectivity index is 2.62. The summed E-state index contributed by atoms with van der Waals surface area (Å²) in [6, 6.07) is 0. The summed E-state index contributed by atoms with van der Waals surface area (Å²) >= 11 is 3.71. The molecule has 0 saturated heterocycles. The van der Waals surface area contributed by atoms with Gasteiger partial charge in [-0.2, -0.15) is 0 Å². The van der Waals surface area contributed by atoms with Gasteiger partial charge in [0, 0.05) is 0 Å². The van der Waals surface area contributed by atoms with E-state index in [9.17, 15) is 0 Å². The summed E-state index contributed by atoms with van der Waals surface area (Å²) in [4.78, 5) is 3.71. The molecule has 0 N–H and O–H groups in total. The predicted octanol–water partition coefficient (Wildman–Crippen LogP) is 0.739. The molecule has 5 heavy (non-hydrogen) atoms. The molecule has 0 aliphatic heterocycles. The molecule has 0 spiro atoms. The molecular formula is C2H6BNS. The van der Waals surface area contributed by atoms with E-state index in [4.69, 9.17) is 0 Å². The van der Waals surface area contributed by atoms with Crippen molar-refractivity contribution in [2.45, 2.75) is 6.92 Å². The maximum atomic E-state index is 3.71. The molecule has 0 aromatic rings. The average Bonchev–Trinajstić information content (AvgIpc) is 1.41. The molecule has 0 radical (unpaired) electrons. The molecule has 1 nitrogen and oxygen atoms in total. The molecule has 0 atom stereocenters. The summed E-state index contributed by atoms with van der Waals surface area (Å²) in [6.07, 6.45) is 1.50. The molecule has 0 heterocycles. The maximum absolute atomic E-state index is 3.71. The summed E-state index contributed by atoms with van der Waals surface area (Å²) in [6.45, 7) is 2.80. The molecule has 0 unspecified atom stereocenters. The third kappa shape index (κ3) is 4.21. The quantitative estimate of drug-likeness (QED) is 0.357. The Bertz CT molecular complexity index is 36.6. The Labute approximate surface area is 38.0 Å². The van der Waals surface area contributed by atoms with E-state index in [2.05, 4.69) is 17.4 Å². The van der Waals surface area contributed by atoms with E-state index >= 15 is 0 Å². The molecule has 28 valence electrons. The Morgan fingerprint density at radius 3 is 2.60 bits per heavy atom. The third-order valence-electron chi connectivity index (χ3n) is 0.264. The molecule has 0 fully saturated rings. The van der Waals surface area contributed by atoms with Gasteiger partial charge >= 0.3 is 37.2 Å². The first kappa shape index (κ1) is 5.21. The van der Waals surface area contributed by atoms with Crippen molar-refractivity contribution in [2.24, 2.45) is 4.90 Å². The van der Waals surface area contributed by atoms with Gasteiger partial charge in [-0.1, -0.05) is 0 Å². The van der Waals surface area contributed by atoms with Crippen molar-refractivity contribution >= 4 is 18.8 Å². The molecule has 0 aromatic carbocycles. The van der Waals surface area contributed by atoms with Crippen LogP contribution in [-0.4, -0.2) is 12.9 Å². The van der Waals surface area contributed by atoms with E-state index in [1.807, 2.05) is 6.92 Å². The molecule has 0 aliphatic carbocycles. The van der Waals surface area contributed by atoms with Crippen LogP contribution < -0.4 is 0 Å². The van der Waals surface area contributed by atoms with E-state index in [0.717, 1.165) is 6.54 Å². The molecule has 0 bridgehead atoms. The zero-order chi connectivity index (χ0) is 4.12. The fraction of sp³-hybridized carbons (Fsp3) is 1.00. The van der Waals surface area contributed by atoms with Crippen molar-refractivity contribution in [1.82, 2.24) is 0 Å². The van der Waals surface area contributed by atoms with Crippen LogP contribution in [0.2, 0.25) is 0 Å². The number of hydrogen-bond acceptors (Lipinski definition) is 1. The second kappa shape index (κ2) is 4.21. The zero-order valence-electron chi connectivity index (χ0n) is 3.18. The van der Waals surface area contributed by atoms with Crippen molar-refractivity contribution in [3.8, 4) is 0 Å². The summed E-state index contributed by atoms with van der Waals surface area (Å²) < 4.78 is 0. The van der Waals surface area contributed by atoms with Crippen LogP contribution in [0.1, 0.15) is 6.92 Å². The van der Waals surface area contributed by atoms with Gasteiger partial charge in [0.15, 0.2) is 0 Å². The molecule has 3 heteroatoms. The van der Waals surface area contributed by atoms with Crippen LogP contribution in [0.3, 0.4) is 0 Å². The Kier molecular flexibility index (Phi) is 4.40. The number of thiol groups is 1. The van der Waals surface area contributed by atoms with Crippen LogP contribution in [0.4, 0.5) is 0 Å². The van der Waals surface area contributed by atoms with Crippen molar-refractivity contribution < 1.29 is 0 Å². The minimum atomic E-state index is 0.837. The van der Waals surface area contributed by atoms with Crippen LogP contribution in [-0.2, 0) is 0 Å². The first-order valence-corrected chi connectivity index (χ1v) is 2.06. The second-order valence-electron chi connectivity index (χ2n) is 0.614. The van der Waals surface area contributed by atoms with Gasteiger partial charge in [0.2, 0.25) is 0 Å². The Morgan fingerprint density at radius 1 is 2.00 bits per heavy atom. The van der Waals surface area contributed by atoms with Crippen LogP contribution >= 0.6 is 12.5 Å². The van der Waals surface area contributed by atoms with E-state index in [1.54, 1.807) is 0 Å². The Hall–Kier alpha value is 0.215. The topological polar surface area (TPSA) is 12.4 Å². The van der Waals surface area contributed by atoms with E-state index in [0.29, 0.717) is 0 Å². The van der Waals surface area contributed by atoms with Crippen molar-refractivity contribution in [3.05, 3.63) is 0 Å². The van der Waals surface area contributed by atoms with Crippen molar-refractivity contribution in [1.29, 1.82) is 0 Å². The first-order valence-electron chi connectivity index (χ1n) is 1.54. The zero-order valence-corrected chi connectivity index (χ0v) is 4.07. The average molecular weight is 87.0 g/mol. The van der Waals surface area contributed by atoms with Gasteiger partial charge in [-0.05, 0) is 0 Å². The summed E-state index contributed by atoms with van der Waals surface area (Å²) in [5.74, 6) is 0. The Morgan fingerprint density at radius 2 is 2.60 bits per heavy atom. The normalized spacial score (nSPS) is 8.40. The van der Waals surface area contributed by atoms with Gasteiger partial charge in [0.1, 0.15) is 0 Å². The number of nitrogens with zero attached hydrogens (tertiary/aromatic N) is 1. The van der Waals surface area contributed by atoms with Crippen LogP contribution in [0, 0.1) is 0 Å². The SMILES string of the molecule is CCN=BS. The fourth-order valence-electron chi connectivity index (χ4n) is 0.0816. The number of rotatable bonds is 1. The summed E-state index contributed by atoms with van der Waals surface area (Å²) in [7, 11) is 0. The molecule has 0 rings (SSSR count). The minimum absolute atomic E-state index is 0.837. The van der Waals surface area contributed by atoms with E-state index in [1.165, 1.54) is 6.35 Å². The molecule has 0 aliphatic rings. The summed E-state index contributed by atoms with van der Waals surface area (Å²) in [5, 5.41) is 0. The van der Waals surface area contributed by atoms with E-state index < -0.39 is 0 Å². The van der Waals surface area contributed by atoms with Gasteiger partial charge in [-0.25, -0.2) is 0 Å². The van der Waals surface area contributed by atoms with Crippen LogP contribution in [0.5, 0.6) is 0 Å². The van der Waals surface area contributed by atoms with Gasteiger partial charge < -0.3 is 0 Å². The predicted molar refractivity (Wildman–Crippen MR) is 27.7 cm³/mol. The first-order chi connectivity index (χ1) is 2.41. The van der Waals surface area contributed by atoms with Crippen LogP contribution in [0.25, 0.3) is 0 Å². The fourth-order valence-corrected chi connectivity index (χ4v) is 0.245. The van der Waals surface area contributed by atoms with E-state index in [-0.39, 0.29) is 0 Å². The van der Waals surface area contributed by atoms with Crippen LogP contribution in [0.15, 0.2) is 4.90 Å².